The van der Waals surface area contributed by atoms with Crippen LogP contribution in [0.1, 0.15) is 15.9 Å². The maximum Gasteiger partial charge on any atom is 0.275 e. The fourth-order valence-electron chi connectivity index (χ4n) is 1.86. The van der Waals surface area contributed by atoms with Gasteiger partial charge in [-0.3, -0.25) is 4.79 Å². The molecule has 1 amide bonds. The molecule has 0 bridgehead atoms. The van der Waals surface area contributed by atoms with Gasteiger partial charge in [-0.15, -0.1) is 0 Å². The topological polar surface area (TPSA) is 80.2 Å². The molecule has 0 fully saturated rings. The lowest BCUT2D eigenvalue weighted by Gasteiger charge is -2.09. The number of nitrogens with zero attached hydrogens (tertiary/aromatic N) is 1. The monoisotopic (exact) mass is 334 g/mol. The summed E-state index contributed by atoms with van der Waals surface area (Å²) >= 11 is 6.12. The zero-order valence-corrected chi connectivity index (χ0v) is 13.3. The summed E-state index contributed by atoms with van der Waals surface area (Å²) in [6, 6.07) is 9.40. The number of para-hydroxylation sites is 1. The third kappa shape index (κ3) is 3.92. The van der Waals surface area contributed by atoms with Crippen molar-refractivity contribution in [3.63, 3.8) is 0 Å². The van der Waals surface area contributed by atoms with Gasteiger partial charge >= 0.3 is 0 Å². The molecule has 0 saturated heterocycles. The number of rotatable bonds is 5. The van der Waals surface area contributed by atoms with Crippen LogP contribution >= 0.6 is 11.6 Å². The van der Waals surface area contributed by atoms with E-state index in [-0.39, 0.29) is 11.3 Å². The summed E-state index contributed by atoms with van der Waals surface area (Å²) in [4.78, 5) is 11.9. The number of hydrogen-bond acceptors (Lipinski definition) is 5. The van der Waals surface area contributed by atoms with Gasteiger partial charge in [-0.25, -0.2) is 5.43 Å². The number of halogens is 1. The van der Waals surface area contributed by atoms with E-state index in [1.54, 1.807) is 24.3 Å². The van der Waals surface area contributed by atoms with Gasteiger partial charge in [0.1, 0.15) is 5.75 Å². The van der Waals surface area contributed by atoms with Gasteiger partial charge in [-0.1, -0.05) is 23.7 Å². The predicted octanol–water partition coefficient (Wildman–Crippen LogP) is 2.83. The van der Waals surface area contributed by atoms with Crippen molar-refractivity contribution < 1.29 is 19.4 Å². The Hall–Kier alpha value is -2.73. The number of benzene rings is 2. The first-order valence-corrected chi connectivity index (χ1v) is 6.97. The van der Waals surface area contributed by atoms with E-state index in [2.05, 4.69) is 10.5 Å². The number of aromatic hydroxyl groups is 1. The minimum atomic E-state index is -0.532. The molecule has 120 valence electrons. The average Bonchev–Trinajstić information content (AvgIpc) is 2.56. The molecule has 0 saturated carbocycles. The highest BCUT2D eigenvalue weighted by atomic mass is 35.5. The summed E-state index contributed by atoms with van der Waals surface area (Å²) < 4.78 is 10.3. The lowest BCUT2D eigenvalue weighted by atomic mass is 10.2. The number of ether oxygens (including phenoxy) is 2. The van der Waals surface area contributed by atoms with Gasteiger partial charge in [0.2, 0.25) is 0 Å². The third-order valence-corrected chi connectivity index (χ3v) is 3.35. The van der Waals surface area contributed by atoms with Crippen molar-refractivity contribution >= 4 is 23.7 Å². The number of phenols is 1. The molecule has 7 heteroatoms. The Morgan fingerprint density at radius 1 is 1.22 bits per heavy atom. The van der Waals surface area contributed by atoms with E-state index in [4.69, 9.17) is 21.1 Å². The molecule has 0 aliphatic rings. The molecule has 0 spiro atoms. The molecule has 0 radical (unpaired) electrons. The Balaban J connectivity index is 2.15. The fourth-order valence-corrected chi connectivity index (χ4v) is 2.06. The number of nitrogens with one attached hydrogen (secondary N) is 1. The van der Waals surface area contributed by atoms with Gasteiger partial charge in [0.05, 0.1) is 31.0 Å². The maximum absolute atomic E-state index is 11.9. The van der Waals surface area contributed by atoms with Crippen LogP contribution in [0.15, 0.2) is 41.5 Å². The molecule has 6 nitrogen and oxygen atoms in total. The van der Waals surface area contributed by atoms with Crippen LogP contribution in [-0.4, -0.2) is 31.4 Å². The number of hydrogen-bond donors (Lipinski definition) is 2. The largest absolute Gasteiger partial charge is 0.507 e. The lowest BCUT2D eigenvalue weighted by Crippen LogP contribution is -2.17. The molecule has 2 N–H and O–H groups in total. The molecule has 0 atom stereocenters. The van der Waals surface area contributed by atoms with Crippen molar-refractivity contribution in [2.45, 2.75) is 0 Å². The Kier molecular flexibility index (Phi) is 5.43. The van der Waals surface area contributed by atoms with Crippen molar-refractivity contribution in [1.82, 2.24) is 5.43 Å². The molecule has 23 heavy (non-hydrogen) atoms. The van der Waals surface area contributed by atoms with Crippen LogP contribution in [0, 0.1) is 0 Å². The summed E-state index contributed by atoms with van der Waals surface area (Å²) in [7, 11) is 3.02. The third-order valence-electron chi connectivity index (χ3n) is 3.02. The van der Waals surface area contributed by atoms with E-state index in [0.717, 1.165) is 0 Å². The predicted molar refractivity (Wildman–Crippen MR) is 87.7 cm³/mol. The van der Waals surface area contributed by atoms with Crippen LogP contribution in [0.4, 0.5) is 0 Å². The van der Waals surface area contributed by atoms with E-state index in [9.17, 15) is 9.90 Å². The molecule has 0 aliphatic heterocycles. The van der Waals surface area contributed by atoms with Crippen molar-refractivity contribution in [3.05, 3.63) is 52.5 Å². The zero-order chi connectivity index (χ0) is 16.8. The second kappa shape index (κ2) is 7.51. The molecule has 2 aromatic rings. The van der Waals surface area contributed by atoms with Crippen LogP contribution in [0.3, 0.4) is 0 Å². The van der Waals surface area contributed by atoms with Gasteiger partial charge in [0, 0.05) is 11.6 Å². The average molecular weight is 335 g/mol. The zero-order valence-electron chi connectivity index (χ0n) is 12.5. The van der Waals surface area contributed by atoms with E-state index in [1.807, 2.05) is 0 Å². The van der Waals surface area contributed by atoms with E-state index < -0.39 is 5.91 Å². The number of carbonyl (C=O) groups is 1. The second-order valence-electron chi connectivity index (χ2n) is 4.44. The summed E-state index contributed by atoms with van der Waals surface area (Å²) in [5.41, 5.74) is 2.99. The van der Waals surface area contributed by atoms with Gasteiger partial charge in [-0.05, 0) is 18.2 Å². The highest BCUT2D eigenvalue weighted by molar-refractivity contribution is 6.33. The van der Waals surface area contributed by atoms with E-state index in [0.29, 0.717) is 22.1 Å². The minimum absolute atomic E-state index is 0.121. The van der Waals surface area contributed by atoms with Crippen LogP contribution < -0.4 is 14.9 Å². The first-order valence-electron chi connectivity index (χ1n) is 6.59. The van der Waals surface area contributed by atoms with E-state index in [1.165, 1.54) is 32.6 Å². The highest BCUT2D eigenvalue weighted by Gasteiger charge is 2.10. The molecule has 0 aromatic heterocycles. The van der Waals surface area contributed by atoms with Crippen LogP contribution in [0.25, 0.3) is 0 Å². The van der Waals surface area contributed by atoms with Crippen molar-refractivity contribution in [3.8, 4) is 17.2 Å². The Morgan fingerprint density at radius 2 is 1.87 bits per heavy atom. The smallest absolute Gasteiger partial charge is 0.275 e. The Bertz CT molecular complexity index is 747. The fraction of sp³-hybridized carbons (Fsp3) is 0.125. The molecule has 2 rings (SSSR count). The summed E-state index contributed by atoms with van der Waals surface area (Å²) in [5, 5.41) is 13.8. The number of phenolic OH excluding ortho intramolecular Hbond substituents is 1. The number of hydrazone groups is 1. The van der Waals surface area contributed by atoms with Gasteiger partial charge in [0.15, 0.2) is 11.5 Å². The maximum atomic E-state index is 11.9. The van der Waals surface area contributed by atoms with Crippen molar-refractivity contribution in [2.75, 3.05) is 14.2 Å². The number of methoxy groups -OCH3 is 2. The first-order chi connectivity index (χ1) is 11.1. The van der Waals surface area contributed by atoms with Crippen LogP contribution in [0.5, 0.6) is 17.2 Å². The molecule has 0 unspecified atom stereocenters. The van der Waals surface area contributed by atoms with Gasteiger partial charge in [-0.2, -0.15) is 5.10 Å². The molecule has 2 aromatic carbocycles. The summed E-state index contributed by atoms with van der Waals surface area (Å²) in [6.45, 7) is 0. The summed E-state index contributed by atoms with van der Waals surface area (Å²) in [6.07, 6.45) is 1.38. The Labute approximate surface area is 138 Å². The Morgan fingerprint density at radius 3 is 2.52 bits per heavy atom. The van der Waals surface area contributed by atoms with Crippen LogP contribution in [0.2, 0.25) is 5.02 Å². The first kappa shape index (κ1) is 16.6. The minimum Gasteiger partial charge on any atom is -0.507 e. The lowest BCUT2D eigenvalue weighted by molar-refractivity contribution is 0.0952. The molecular weight excluding hydrogens is 320 g/mol. The standard InChI is InChI=1S/C16H15ClN2O4/c1-22-14-7-10(12(17)8-15(14)23-2)9-18-19-16(21)11-5-3-4-6-13(11)20/h3-9,20H,1-2H3,(H,19,21)/b18-9+. The van der Waals surface area contributed by atoms with Crippen LogP contribution in [-0.2, 0) is 0 Å². The molecular formula is C16H15ClN2O4. The summed E-state index contributed by atoms with van der Waals surface area (Å²) in [5.74, 6) is 0.332. The normalized spacial score (nSPS) is 10.6. The number of amides is 1. The molecule has 0 aliphatic carbocycles. The van der Waals surface area contributed by atoms with E-state index >= 15 is 0 Å². The highest BCUT2D eigenvalue weighted by Crippen LogP contribution is 2.32. The quantitative estimate of drug-likeness (QED) is 0.651. The SMILES string of the molecule is COc1cc(Cl)c(/C=N/NC(=O)c2ccccc2O)cc1OC. The number of carbonyl (C=O) groups excluding carboxylic acids is 1. The van der Waals surface area contributed by atoms with Crippen molar-refractivity contribution in [1.29, 1.82) is 0 Å². The molecule has 0 heterocycles. The van der Waals surface area contributed by atoms with Gasteiger partial charge < -0.3 is 14.6 Å². The van der Waals surface area contributed by atoms with Crippen molar-refractivity contribution in [2.24, 2.45) is 5.10 Å². The van der Waals surface area contributed by atoms with Gasteiger partial charge in [0.25, 0.3) is 5.91 Å². The second-order valence-corrected chi connectivity index (χ2v) is 4.85.